The Labute approximate surface area is 140 Å². The predicted molar refractivity (Wildman–Crippen MR) is 87.9 cm³/mol. The summed E-state index contributed by atoms with van der Waals surface area (Å²) in [5, 5.41) is 16.9. The van der Waals surface area contributed by atoms with Crippen LogP contribution in [0.3, 0.4) is 0 Å². The Morgan fingerprint density at radius 3 is 2.79 bits per heavy atom. The van der Waals surface area contributed by atoms with Gasteiger partial charge in [-0.1, -0.05) is 0 Å². The van der Waals surface area contributed by atoms with Crippen molar-refractivity contribution in [3.05, 3.63) is 36.0 Å². The molecule has 1 aromatic carbocycles. The van der Waals surface area contributed by atoms with Crippen LogP contribution in [0.2, 0.25) is 0 Å². The molecule has 0 radical (unpaired) electrons. The lowest BCUT2D eigenvalue weighted by molar-refractivity contribution is -0.00237. The molecule has 1 aliphatic rings. The van der Waals surface area contributed by atoms with Gasteiger partial charge in [0.05, 0.1) is 18.9 Å². The summed E-state index contributed by atoms with van der Waals surface area (Å²) >= 11 is 0. The Kier molecular flexibility index (Phi) is 4.82. The second kappa shape index (κ2) is 7.02. The SMILES string of the molecule is CCO[C@@H]1CN(C(=O)c2cc(-c3ccc(OC)cc3)n[nH]2)C[C@H]1O. The van der Waals surface area contributed by atoms with Crippen molar-refractivity contribution in [1.82, 2.24) is 15.1 Å². The van der Waals surface area contributed by atoms with E-state index in [1.807, 2.05) is 31.2 Å². The summed E-state index contributed by atoms with van der Waals surface area (Å²) in [5.41, 5.74) is 1.96. The van der Waals surface area contributed by atoms with Gasteiger partial charge in [0.15, 0.2) is 0 Å². The Hall–Kier alpha value is -2.38. The highest BCUT2D eigenvalue weighted by Gasteiger charge is 2.35. The maximum Gasteiger partial charge on any atom is 0.272 e. The van der Waals surface area contributed by atoms with Gasteiger partial charge in [-0.15, -0.1) is 0 Å². The Bertz CT molecular complexity index is 698. The van der Waals surface area contributed by atoms with Crippen molar-refractivity contribution in [2.75, 3.05) is 26.8 Å². The number of nitrogens with one attached hydrogen (secondary N) is 1. The highest BCUT2D eigenvalue weighted by molar-refractivity contribution is 5.93. The van der Waals surface area contributed by atoms with Crippen molar-refractivity contribution in [1.29, 1.82) is 0 Å². The first kappa shape index (κ1) is 16.5. The zero-order chi connectivity index (χ0) is 17.1. The maximum absolute atomic E-state index is 12.6. The van der Waals surface area contributed by atoms with E-state index in [0.29, 0.717) is 24.5 Å². The summed E-state index contributed by atoms with van der Waals surface area (Å²) in [6, 6.07) is 9.16. The number of aliphatic hydroxyl groups excluding tert-OH is 1. The molecule has 2 aromatic rings. The van der Waals surface area contributed by atoms with Crippen molar-refractivity contribution < 1.29 is 19.4 Å². The lowest BCUT2D eigenvalue weighted by Crippen LogP contribution is -2.30. The van der Waals surface area contributed by atoms with E-state index >= 15 is 0 Å². The first-order valence-corrected chi connectivity index (χ1v) is 7.91. The van der Waals surface area contributed by atoms with Crippen LogP contribution in [0, 0.1) is 0 Å². The Balaban J connectivity index is 1.72. The second-order valence-corrected chi connectivity index (χ2v) is 5.67. The number of aliphatic hydroxyl groups is 1. The average molecular weight is 331 g/mol. The van der Waals surface area contributed by atoms with Crippen molar-refractivity contribution in [2.24, 2.45) is 0 Å². The predicted octanol–water partition coefficient (Wildman–Crippen LogP) is 1.31. The fraction of sp³-hybridized carbons (Fsp3) is 0.412. The second-order valence-electron chi connectivity index (χ2n) is 5.67. The smallest absolute Gasteiger partial charge is 0.272 e. The molecular formula is C17H21N3O4. The molecule has 128 valence electrons. The topological polar surface area (TPSA) is 87.7 Å². The molecule has 1 fully saturated rings. The molecule has 2 N–H and O–H groups in total. The number of carbonyl (C=O) groups excluding carboxylic acids is 1. The quantitative estimate of drug-likeness (QED) is 0.862. The van der Waals surface area contributed by atoms with Crippen molar-refractivity contribution >= 4 is 5.91 Å². The third kappa shape index (κ3) is 3.27. The third-order valence-corrected chi connectivity index (χ3v) is 4.10. The Morgan fingerprint density at radius 2 is 2.12 bits per heavy atom. The van der Waals surface area contributed by atoms with Gasteiger partial charge in [0.1, 0.15) is 17.5 Å². The number of methoxy groups -OCH3 is 1. The number of ether oxygens (including phenoxy) is 2. The van der Waals surface area contributed by atoms with E-state index in [9.17, 15) is 9.90 Å². The van der Waals surface area contributed by atoms with E-state index in [-0.39, 0.29) is 18.6 Å². The molecular weight excluding hydrogens is 310 g/mol. The van der Waals surface area contributed by atoms with Crippen LogP contribution >= 0.6 is 0 Å². The number of H-pyrrole nitrogens is 1. The third-order valence-electron chi connectivity index (χ3n) is 4.10. The zero-order valence-corrected chi connectivity index (χ0v) is 13.7. The maximum atomic E-state index is 12.6. The van der Waals surface area contributed by atoms with Gasteiger partial charge in [-0.3, -0.25) is 9.89 Å². The minimum Gasteiger partial charge on any atom is -0.497 e. The highest BCUT2D eigenvalue weighted by Crippen LogP contribution is 2.22. The number of nitrogens with zero attached hydrogens (tertiary/aromatic N) is 2. The van der Waals surface area contributed by atoms with Crippen LogP contribution in [0.5, 0.6) is 5.75 Å². The molecule has 1 amide bonds. The molecule has 2 heterocycles. The van der Waals surface area contributed by atoms with Crippen LogP contribution < -0.4 is 4.74 Å². The first-order valence-electron chi connectivity index (χ1n) is 7.91. The fourth-order valence-electron chi connectivity index (χ4n) is 2.81. The minimum atomic E-state index is -0.655. The van der Waals surface area contributed by atoms with Crippen molar-refractivity contribution in [3.63, 3.8) is 0 Å². The molecule has 1 aromatic heterocycles. The van der Waals surface area contributed by atoms with E-state index in [1.54, 1.807) is 18.1 Å². The summed E-state index contributed by atoms with van der Waals surface area (Å²) in [6.45, 7) is 3.02. The molecule has 0 spiro atoms. The minimum absolute atomic E-state index is 0.191. The number of hydrogen-bond donors (Lipinski definition) is 2. The molecule has 7 nitrogen and oxygen atoms in total. The van der Waals surface area contributed by atoms with Crippen LogP contribution in [0.4, 0.5) is 0 Å². The van der Waals surface area contributed by atoms with E-state index < -0.39 is 6.10 Å². The number of likely N-dealkylation sites (tertiary alicyclic amines) is 1. The Morgan fingerprint density at radius 1 is 1.38 bits per heavy atom. The van der Waals surface area contributed by atoms with E-state index in [0.717, 1.165) is 11.3 Å². The number of aromatic nitrogens is 2. The number of aromatic amines is 1. The molecule has 2 atom stereocenters. The fourth-order valence-corrected chi connectivity index (χ4v) is 2.81. The molecule has 1 saturated heterocycles. The van der Waals surface area contributed by atoms with Gasteiger partial charge in [-0.05, 0) is 37.3 Å². The van der Waals surface area contributed by atoms with E-state index in [4.69, 9.17) is 9.47 Å². The van der Waals surface area contributed by atoms with Crippen LogP contribution in [-0.4, -0.2) is 65.1 Å². The van der Waals surface area contributed by atoms with Crippen molar-refractivity contribution in [3.8, 4) is 17.0 Å². The highest BCUT2D eigenvalue weighted by atomic mass is 16.5. The summed E-state index contributed by atoms with van der Waals surface area (Å²) < 4.78 is 10.6. The molecule has 0 aliphatic carbocycles. The summed E-state index contributed by atoms with van der Waals surface area (Å²) in [4.78, 5) is 14.1. The zero-order valence-electron chi connectivity index (χ0n) is 13.7. The van der Waals surface area contributed by atoms with Crippen LogP contribution in [0.25, 0.3) is 11.3 Å². The monoisotopic (exact) mass is 331 g/mol. The summed E-state index contributed by atoms with van der Waals surface area (Å²) in [7, 11) is 1.61. The van der Waals surface area contributed by atoms with Gasteiger partial charge in [-0.25, -0.2) is 0 Å². The van der Waals surface area contributed by atoms with Crippen LogP contribution in [0.1, 0.15) is 17.4 Å². The lowest BCUT2D eigenvalue weighted by Gasteiger charge is -2.14. The molecule has 0 unspecified atom stereocenters. The number of hydrogen-bond acceptors (Lipinski definition) is 5. The van der Waals surface area contributed by atoms with Gasteiger partial charge in [0.25, 0.3) is 5.91 Å². The molecule has 7 heteroatoms. The number of amides is 1. The van der Waals surface area contributed by atoms with E-state index in [1.165, 1.54) is 0 Å². The van der Waals surface area contributed by atoms with Crippen molar-refractivity contribution in [2.45, 2.75) is 19.1 Å². The standard InChI is InChI=1S/C17H21N3O4/c1-3-24-16-10-20(9-15(16)21)17(22)14-8-13(18-19-14)11-4-6-12(23-2)7-5-11/h4-8,15-16,21H,3,9-10H2,1-2H3,(H,18,19)/t15-,16-/m1/s1. The molecule has 0 saturated carbocycles. The molecule has 24 heavy (non-hydrogen) atoms. The lowest BCUT2D eigenvalue weighted by atomic mass is 10.1. The number of β-amino-alcohol motifs (C(OH)–C–C–N with tert-alkyl or cyclic N) is 1. The average Bonchev–Trinajstić information content (AvgIpc) is 3.22. The van der Waals surface area contributed by atoms with Gasteiger partial charge in [-0.2, -0.15) is 5.10 Å². The van der Waals surface area contributed by atoms with Gasteiger partial charge >= 0.3 is 0 Å². The summed E-state index contributed by atoms with van der Waals surface area (Å²) in [5.74, 6) is 0.571. The van der Waals surface area contributed by atoms with Gasteiger partial charge < -0.3 is 19.5 Å². The summed E-state index contributed by atoms with van der Waals surface area (Å²) in [6.07, 6.45) is -0.985. The molecule has 1 aliphatic heterocycles. The molecule has 0 bridgehead atoms. The molecule has 3 rings (SSSR count). The van der Waals surface area contributed by atoms with E-state index in [2.05, 4.69) is 10.2 Å². The number of benzene rings is 1. The largest absolute Gasteiger partial charge is 0.497 e. The first-order chi connectivity index (χ1) is 11.6. The number of rotatable bonds is 5. The van der Waals surface area contributed by atoms with Gasteiger partial charge in [0.2, 0.25) is 0 Å². The van der Waals surface area contributed by atoms with Crippen LogP contribution in [-0.2, 0) is 4.74 Å². The van der Waals surface area contributed by atoms with Gasteiger partial charge in [0, 0.05) is 25.3 Å². The van der Waals surface area contributed by atoms with Crippen LogP contribution in [0.15, 0.2) is 30.3 Å². The normalized spacial score (nSPS) is 20.4. The number of carbonyl (C=O) groups is 1.